The van der Waals surface area contributed by atoms with Crippen molar-refractivity contribution in [2.45, 2.75) is 45.3 Å². The molecule has 1 aromatic heterocycles. The molecule has 0 N–H and O–H groups in total. The van der Waals surface area contributed by atoms with Crippen LogP contribution in [0, 0.1) is 5.82 Å². The highest BCUT2D eigenvalue weighted by atomic mass is 35.5. The fraction of sp³-hybridized carbons (Fsp3) is 0.318. The van der Waals surface area contributed by atoms with Gasteiger partial charge in [-0.15, -0.1) is 0 Å². The van der Waals surface area contributed by atoms with Crippen molar-refractivity contribution >= 4 is 28.3 Å². The number of amides is 1. The van der Waals surface area contributed by atoms with E-state index in [-0.39, 0.29) is 46.4 Å². The number of hydrogen-bond acceptors (Lipinski definition) is 3. The Balaban J connectivity index is 1.83. The minimum atomic E-state index is -0.444. The summed E-state index contributed by atoms with van der Waals surface area (Å²) in [6, 6.07) is 11.3. The molecule has 150 valence electrons. The number of hydrogen-bond donors (Lipinski definition) is 0. The van der Waals surface area contributed by atoms with E-state index in [4.69, 9.17) is 11.6 Å². The van der Waals surface area contributed by atoms with Gasteiger partial charge >= 0.3 is 0 Å². The molecule has 1 saturated carbocycles. The largest absolute Gasteiger partial charge is 0.330 e. The van der Waals surface area contributed by atoms with E-state index in [0.29, 0.717) is 10.8 Å². The summed E-state index contributed by atoms with van der Waals surface area (Å²) in [7, 11) is 0. The second-order valence-electron chi connectivity index (χ2n) is 7.60. The number of fused-ring (bicyclic) bond motifs is 1. The number of benzene rings is 2. The molecule has 0 atom stereocenters. The van der Waals surface area contributed by atoms with Crippen LogP contribution in [0.15, 0.2) is 47.3 Å². The highest BCUT2D eigenvalue weighted by Gasteiger charge is 2.35. The zero-order chi connectivity index (χ0) is 20.7. The third-order valence-electron chi connectivity index (χ3n) is 5.16. The molecule has 0 radical (unpaired) electrons. The summed E-state index contributed by atoms with van der Waals surface area (Å²) in [5, 5.41) is 5.64. The van der Waals surface area contributed by atoms with Crippen molar-refractivity contribution in [2.75, 3.05) is 0 Å². The lowest BCUT2D eigenvalue weighted by molar-refractivity contribution is 0.0721. The molecule has 1 aliphatic carbocycles. The molecule has 2 aromatic carbocycles. The van der Waals surface area contributed by atoms with E-state index in [9.17, 15) is 14.0 Å². The lowest BCUT2D eigenvalue weighted by Crippen LogP contribution is -2.36. The van der Waals surface area contributed by atoms with Crippen molar-refractivity contribution in [3.63, 3.8) is 0 Å². The molecule has 0 bridgehead atoms. The first-order chi connectivity index (χ1) is 13.9. The molecule has 1 amide bonds. The summed E-state index contributed by atoms with van der Waals surface area (Å²) in [6.07, 6.45) is 1.69. The summed E-state index contributed by atoms with van der Waals surface area (Å²) < 4.78 is 15.7. The van der Waals surface area contributed by atoms with E-state index in [0.717, 1.165) is 12.8 Å². The molecule has 0 spiro atoms. The molecule has 0 saturated heterocycles. The number of nitrogens with zero attached hydrogens (tertiary/aromatic N) is 3. The van der Waals surface area contributed by atoms with Gasteiger partial charge in [-0.3, -0.25) is 9.59 Å². The quantitative estimate of drug-likeness (QED) is 0.615. The van der Waals surface area contributed by atoms with Gasteiger partial charge in [-0.1, -0.05) is 35.9 Å². The van der Waals surface area contributed by atoms with Gasteiger partial charge in [0.1, 0.15) is 5.82 Å². The molecular formula is C22H21ClFN3O2. The predicted octanol–water partition coefficient (Wildman–Crippen LogP) is 4.57. The summed E-state index contributed by atoms with van der Waals surface area (Å²) >= 11 is 6.19. The molecule has 1 fully saturated rings. The van der Waals surface area contributed by atoms with Crippen molar-refractivity contribution in [1.82, 2.24) is 14.7 Å². The second kappa shape index (κ2) is 7.59. The number of carbonyl (C=O) groups excluding carboxylic acids is 1. The van der Waals surface area contributed by atoms with E-state index in [1.807, 2.05) is 13.8 Å². The van der Waals surface area contributed by atoms with Crippen LogP contribution in [-0.4, -0.2) is 26.6 Å². The van der Waals surface area contributed by atoms with Crippen LogP contribution in [-0.2, 0) is 6.54 Å². The van der Waals surface area contributed by atoms with Gasteiger partial charge in [0.25, 0.3) is 11.5 Å². The van der Waals surface area contributed by atoms with Gasteiger partial charge in [-0.05, 0) is 44.9 Å². The summed E-state index contributed by atoms with van der Waals surface area (Å²) in [6.45, 7) is 3.75. The number of halogens is 2. The zero-order valence-corrected chi connectivity index (χ0v) is 17.0. The van der Waals surface area contributed by atoms with Crippen LogP contribution >= 0.6 is 11.6 Å². The first kappa shape index (κ1) is 19.6. The van der Waals surface area contributed by atoms with Gasteiger partial charge in [0.15, 0.2) is 5.69 Å². The third-order valence-corrected chi connectivity index (χ3v) is 5.51. The molecule has 7 heteroatoms. The zero-order valence-electron chi connectivity index (χ0n) is 16.2. The number of carbonyl (C=O) groups is 1. The van der Waals surface area contributed by atoms with Gasteiger partial charge in [-0.2, -0.15) is 5.10 Å². The Hall–Kier alpha value is -2.73. The molecule has 1 heterocycles. The van der Waals surface area contributed by atoms with E-state index in [1.165, 1.54) is 16.8 Å². The van der Waals surface area contributed by atoms with E-state index in [1.54, 1.807) is 35.2 Å². The Kier molecular flexibility index (Phi) is 5.13. The second-order valence-corrected chi connectivity index (χ2v) is 8.01. The predicted molar refractivity (Wildman–Crippen MR) is 111 cm³/mol. The van der Waals surface area contributed by atoms with Gasteiger partial charge in [-0.25, -0.2) is 9.07 Å². The molecule has 3 aromatic rings. The lowest BCUT2D eigenvalue weighted by atomic mass is 10.1. The van der Waals surface area contributed by atoms with Crippen molar-refractivity contribution in [2.24, 2.45) is 0 Å². The van der Waals surface area contributed by atoms with E-state index in [2.05, 4.69) is 5.10 Å². The van der Waals surface area contributed by atoms with Crippen LogP contribution in [0.2, 0.25) is 5.02 Å². The molecule has 5 nitrogen and oxygen atoms in total. The third kappa shape index (κ3) is 3.65. The maximum Gasteiger partial charge on any atom is 0.275 e. The molecule has 4 rings (SSSR count). The Labute approximate surface area is 172 Å². The summed E-state index contributed by atoms with van der Waals surface area (Å²) in [4.78, 5) is 27.9. The summed E-state index contributed by atoms with van der Waals surface area (Å²) in [5.74, 6) is -0.765. The SMILES string of the molecule is CC(C)n1nc(C(=O)N(Cc2c(F)cccc2Cl)C2CC2)c2ccccc2c1=O. The summed E-state index contributed by atoms with van der Waals surface area (Å²) in [5.41, 5.74) is 0.256. The van der Waals surface area contributed by atoms with Crippen LogP contribution in [0.4, 0.5) is 4.39 Å². The van der Waals surface area contributed by atoms with Crippen LogP contribution in [0.5, 0.6) is 0 Å². The number of rotatable bonds is 5. The monoisotopic (exact) mass is 413 g/mol. The van der Waals surface area contributed by atoms with Gasteiger partial charge in [0.05, 0.1) is 18.0 Å². The average Bonchev–Trinajstić information content (AvgIpc) is 3.53. The van der Waals surface area contributed by atoms with Crippen LogP contribution < -0.4 is 5.56 Å². The maximum atomic E-state index is 14.4. The molecule has 29 heavy (non-hydrogen) atoms. The fourth-order valence-corrected chi connectivity index (χ4v) is 3.68. The molecule has 0 aliphatic heterocycles. The smallest absolute Gasteiger partial charge is 0.275 e. The Bertz CT molecular complexity index is 1130. The maximum absolute atomic E-state index is 14.4. The lowest BCUT2D eigenvalue weighted by Gasteiger charge is -2.24. The molecule has 0 unspecified atom stereocenters. The highest BCUT2D eigenvalue weighted by Crippen LogP contribution is 2.32. The fourth-order valence-electron chi connectivity index (χ4n) is 3.46. The Morgan fingerprint density at radius 3 is 2.52 bits per heavy atom. The van der Waals surface area contributed by atoms with E-state index >= 15 is 0 Å². The van der Waals surface area contributed by atoms with E-state index < -0.39 is 5.82 Å². The minimum absolute atomic E-state index is 0.0122. The van der Waals surface area contributed by atoms with Crippen LogP contribution in [0.25, 0.3) is 10.8 Å². The normalized spacial score (nSPS) is 13.8. The van der Waals surface area contributed by atoms with Crippen LogP contribution in [0.3, 0.4) is 0 Å². The van der Waals surface area contributed by atoms with Crippen molar-refractivity contribution < 1.29 is 9.18 Å². The standard InChI is InChI=1S/C22H21ClFN3O2/c1-13(2)27-21(28)16-7-4-3-6-15(16)20(25-27)22(29)26(14-10-11-14)12-17-18(23)8-5-9-19(17)24/h3-9,13-14H,10-12H2,1-2H3. The molecule has 1 aliphatic rings. The number of aromatic nitrogens is 2. The van der Waals surface area contributed by atoms with Crippen molar-refractivity contribution in [3.05, 3.63) is 74.9 Å². The minimum Gasteiger partial charge on any atom is -0.330 e. The Morgan fingerprint density at radius 1 is 1.21 bits per heavy atom. The van der Waals surface area contributed by atoms with Gasteiger partial charge in [0, 0.05) is 22.0 Å². The topological polar surface area (TPSA) is 55.2 Å². The average molecular weight is 414 g/mol. The Morgan fingerprint density at radius 2 is 1.90 bits per heavy atom. The first-order valence-electron chi connectivity index (χ1n) is 9.64. The van der Waals surface area contributed by atoms with Crippen molar-refractivity contribution in [3.8, 4) is 0 Å². The van der Waals surface area contributed by atoms with Crippen LogP contribution in [0.1, 0.15) is 48.8 Å². The molecular weight excluding hydrogens is 393 g/mol. The highest BCUT2D eigenvalue weighted by molar-refractivity contribution is 6.31. The van der Waals surface area contributed by atoms with Gasteiger partial charge in [0.2, 0.25) is 0 Å². The van der Waals surface area contributed by atoms with Gasteiger partial charge < -0.3 is 4.90 Å². The van der Waals surface area contributed by atoms with Crippen molar-refractivity contribution in [1.29, 1.82) is 0 Å². The first-order valence-corrected chi connectivity index (χ1v) is 10.0.